The molecule has 2 aromatic carbocycles. The van der Waals surface area contributed by atoms with Crippen LogP contribution >= 0.6 is 0 Å². The Bertz CT molecular complexity index is 1280. The molecule has 0 unspecified atom stereocenters. The number of anilines is 2. The minimum absolute atomic E-state index is 0.203. The molecular weight excluding hydrogens is 401 g/mol. The number of hydrogen-bond donors (Lipinski definition) is 1. The zero-order valence-corrected chi connectivity index (χ0v) is 15.0. The lowest BCUT2D eigenvalue weighted by Gasteiger charge is -2.08. The summed E-state index contributed by atoms with van der Waals surface area (Å²) in [6, 6.07) is 9.64. The number of fused-ring (bicyclic) bond motifs is 2. The number of benzene rings is 2. The minimum atomic E-state index is -4.42. The lowest BCUT2D eigenvalue weighted by molar-refractivity contribution is -0.137. The monoisotopic (exact) mass is 412 g/mol. The summed E-state index contributed by atoms with van der Waals surface area (Å²) in [6.45, 7) is 0.203. The lowest BCUT2D eigenvalue weighted by Crippen LogP contribution is -2.06. The molecule has 0 atom stereocenters. The first-order chi connectivity index (χ1) is 14.4. The molecule has 0 saturated carbocycles. The van der Waals surface area contributed by atoms with E-state index in [1.807, 2.05) is 0 Å². The van der Waals surface area contributed by atoms with Crippen molar-refractivity contribution in [3.05, 3.63) is 65.4 Å². The molecule has 0 fully saturated rings. The van der Waals surface area contributed by atoms with Crippen molar-refractivity contribution in [1.29, 1.82) is 0 Å². The number of hydrogen-bond acceptors (Lipinski definition) is 7. The van der Waals surface area contributed by atoms with Gasteiger partial charge < -0.3 is 10.1 Å². The van der Waals surface area contributed by atoms with Gasteiger partial charge in [-0.3, -0.25) is 0 Å². The zero-order valence-electron chi connectivity index (χ0n) is 15.0. The van der Waals surface area contributed by atoms with E-state index in [9.17, 15) is 18.0 Å². The van der Waals surface area contributed by atoms with Crippen LogP contribution in [0.15, 0.2) is 48.7 Å². The maximum Gasteiger partial charge on any atom is 0.416 e. The summed E-state index contributed by atoms with van der Waals surface area (Å²) in [5, 5.41) is 10.9. The van der Waals surface area contributed by atoms with Crippen LogP contribution in [0.4, 0.5) is 24.8 Å². The molecule has 150 valence electrons. The van der Waals surface area contributed by atoms with E-state index in [0.29, 0.717) is 28.1 Å². The summed E-state index contributed by atoms with van der Waals surface area (Å²) in [6.07, 6.45) is -2.97. The quantitative estimate of drug-likeness (QED) is 0.514. The summed E-state index contributed by atoms with van der Waals surface area (Å²) >= 11 is 0. The highest BCUT2D eigenvalue weighted by atomic mass is 19.4. The van der Waals surface area contributed by atoms with Gasteiger partial charge in [0.25, 0.3) is 0 Å². The Morgan fingerprint density at radius 2 is 1.90 bits per heavy atom. The molecule has 1 aliphatic rings. The highest BCUT2D eigenvalue weighted by Crippen LogP contribution is 2.30. The number of esters is 1. The van der Waals surface area contributed by atoms with Crippen molar-refractivity contribution in [3.63, 3.8) is 0 Å². The summed E-state index contributed by atoms with van der Waals surface area (Å²) in [5.74, 6) is -0.121. The van der Waals surface area contributed by atoms with Gasteiger partial charge in [0.2, 0.25) is 5.95 Å². The third kappa shape index (κ3) is 3.09. The van der Waals surface area contributed by atoms with Crippen LogP contribution in [0.1, 0.15) is 21.5 Å². The molecule has 0 aliphatic carbocycles. The van der Waals surface area contributed by atoms with Gasteiger partial charge in [-0.15, -0.1) is 5.10 Å². The molecule has 0 bridgehead atoms. The van der Waals surface area contributed by atoms with Crippen molar-refractivity contribution in [3.8, 4) is 5.69 Å². The molecule has 5 rings (SSSR count). The van der Waals surface area contributed by atoms with Crippen LogP contribution in [0, 0.1) is 0 Å². The van der Waals surface area contributed by atoms with Crippen molar-refractivity contribution in [1.82, 2.24) is 25.0 Å². The first-order valence-corrected chi connectivity index (χ1v) is 8.72. The highest BCUT2D eigenvalue weighted by Gasteiger charge is 2.30. The van der Waals surface area contributed by atoms with E-state index in [4.69, 9.17) is 4.74 Å². The summed E-state index contributed by atoms with van der Waals surface area (Å²) < 4.78 is 44.7. The average Bonchev–Trinajstić information content (AvgIpc) is 3.31. The van der Waals surface area contributed by atoms with Gasteiger partial charge in [-0.25, -0.2) is 9.78 Å². The van der Waals surface area contributed by atoms with Crippen LogP contribution in [0.2, 0.25) is 0 Å². The molecule has 11 heteroatoms. The van der Waals surface area contributed by atoms with Crippen LogP contribution in [0.3, 0.4) is 0 Å². The van der Waals surface area contributed by atoms with E-state index >= 15 is 0 Å². The van der Waals surface area contributed by atoms with Crippen LogP contribution in [-0.2, 0) is 17.5 Å². The number of cyclic esters (lactones) is 1. The number of nitrogens with zero attached hydrogens (tertiary/aromatic N) is 5. The Labute approximate surface area is 166 Å². The summed E-state index contributed by atoms with van der Waals surface area (Å²) in [5.41, 5.74) is 2.25. The van der Waals surface area contributed by atoms with Gasteiger partial charge in [-0.2, -0.15) is 22.8 Å². The van der Waals surface area contributed by atoms with Gasteiger partial charge in [0.15, 0.2) is 11.2 Å². The van der Waals surface area contributed by atoms with Crippen molar-refractivity contribution in [2.45, 2.75) is 12.8 Å². The second-order valence-corrected chi connectivity index (χ2v) is 6.52. The van der Waals surface area contributed by atoms with Crippen molar-refractivity contribution < 1.29 is 22.7 Å². The van der Waals surface area contributed by atoms with Gasteiger partial charge in [0.1, 0.15) is 6.61 Å². The van der Waals surface area contributed by atoms with E-state index in [0.717, 1.165) is 17.7 Å². The molecule has 3 heterocycles. The fourth-order valence-electron chi connectivity index (χ4n) is 3.09. The molecule has 30 heavy (non-hydrogen) atoms. The van der Waals surface area contributed by atoms with Crippen LogP contribution in [0.5, 0.6) is 0 Å². The predicted molar refractivity (Wildman–Crippen MR) is 98.3 cm³/mol. The number of aromatic nitrogens is 5. The molecule has 0 radical (unpaired) electrons. The van der Waals surface area contributed by atoms with Gasteiger partial charge in [0.05, 0.1) is 23.0 Å². The van der Waals surface area contributed by atoms with Crippen LogP contribution < -0.4 is 5.32 Å². The van der Waals surface area contributed by atoms with Crippen molar-refractivity contribution in [2.75, 3.05) is 5.32 Å². The van der Waals surface area contributed by atoms with Crippen molar-refractivity contribution in [2.24, 2.45) is 0 Å². The molecule has 0 spiro atoms. The number of alkyl halides is 3. The zero-order chi connectivity index (χ0) is 20.9. The van der Waals surface area contributed by atoms with E-state index in [1.165, 1.54) is 23.0 Å². The molecule has 1 N–H and O–H groups in total. The highest BCUT2D eigenvalue weighted by molar-refractivity contribution is 5.94. The van der Waals surface area contributed by atoms with Crippen LogP contribution in [-0.4, -0.2) is 30.9 Å². The number of carbonyl (C=O) groups is 1. The fraction of sp³-hybridized carbons (Fsp3) is 0.105. The number of halogens is 3. The van der Waals surface area contributed by atoms with Gasteiger partial charge in [-0.05, 0) is 42.5 Å². The third-order valence-corrected chi connectivity index (χ3v) is 4.57. The number of rotatable bonds is 3. The SMILES string of the molecule is O=C1OCc2cc(Nc3ncc4nnn(-c5ccc(C(F)(F)F)cc5)c4n3)ccc21. The minimum Gasteiger partial charge on any atom is -0.457 e. The van der Waals surface area contributed by atoms with Crippen LogP contribution in [0.25, 0.3) is 16.9 Å². The number of nitrogens with one attached hydrogen (secondary N) is 1. The molecule has 4 aromatic rings. The van der Waals surface area contributed by atoms with E-state index in [2.05, 4.69) is 25.6 Å². The Balaban J connectivity index is 1.47. The maximum absolute atomic E-state index is 12.8. The number of carbonyl (C=O) groups excluding carboxylic acids is 1. The van der Waals surface area contributed by atoms with E-state index in [-0.39, 0.29) is 18.5 Å². The average molecular weight is 412 g/mol. The summed E-state index contributed by atoms with van der Waals surface area (Å²) in [4.78, 5) is 20.1. The Morgan fingerprint density at radius 3 is 2.67 bits per heavy atom. The summed E-state index contributed by atoms with van der Waals surface area (Å²) in [7, 11) is 0. The molecule has 0 amide bonds. The topological polar surface area (TPSA) is 94.8 Å². The van der Waals surface area contributed by atoms with Crippen molar-refractivity contribution >= 4 is 28.8 Å². The lowest BCUT2D eigenvalue weighted by atomic mass is 10.1. The third-order valence-electron chi connectivity index (χ3n) is 4.57. The fourth-order valence-corrected chi connectivity index (χ4v) is 3.09. The maximum atomic E-state index is 12.8. The molecule has 1 aliphatic heterocycles. The first-order valence-electron chi connectivity index (χ1n) is 8.72. The Hall–Kier alpha value is -4.02. The predicted octanol–water partition coefficient (Wildman–Crippen LogP) is 3.64. The largest absolute Gasteiger partial charge is 0.457 e. The molecule has 8 nitrogen and oxygen atoms in total. The van der Waals surface area contributed by atoms with Gasteiger partial charge in [0, 0.05) is 11.3 Å². The number of ether oxygens (including phenoxy) is 1. The second-order valence-electron chi connectivity index (χ2n) is 6.52. The molecular formula is C19H11F3N6O2. The second kappa shape index (κ2) is 6.51. The normalized spacial score (nSPS) is 13.4. The Morgan fingerprint density at radius 1 is 1.10 bits per heavy atom. The molecule has 0 saturated heterocycles. The first kappa shape index (κ1) is 18.0. The van der Waals surface area contributed by atoms with Gasteiger partial charge in [-0.1, -0.05) is 5.21 Å². The van der Waals surface area contributed by atoms with Gasteiger partial charge >= 0.3 is 12.1 Å². The standard InChI is InChI=1S/C19H11F3N6O2/c20-19(21,22)11-1-4-13(5-2-11)28-16-15(26-27-28)8-23-18(25-16)24-12-3-6-14-10(7-12)9-30-17(14)29/h1-8H,9H2,(H,23,24,25). The van der Waals surface area contributed by atoms with E-state index in [1.54, 1.807) is 18.2 Å². The smallest absolute Gasteiger partial charge is 0.416 e. The molecule has 2 aromatic heterocycles. The Kier molecular flexibility index (Phi) is 3.91. The van der Waals surface area contributed by atoms with E-state index < -0.39 is 11.7 Å².